The fraction of sp³-hybridized carbons (Fsp3) is 0.462. The molecule has 3 N–H and O–H groups in total. The van der Waals surface area contributed by atoms with Gasteiger partial charge in [-0.25, -0.2) is 4.79 Å². The normalized spacial score (nSPS) is 11.6. The number of nitrogens with one attached hydrogen (secondary N) is 2. The predicted molar refractivity (Wildman–Crippen MR) is 70.8 cm³/mol. The molecule has 19 heavy (non-hydrogen) atoms. The van der Waals surface area contributed by atoms with E-state index in [-0.39, 0.29) is 6.03 Å². The van der Waals surface area contributed by atoms with Crippen LogP contribution in [0.4, 0.5) is 4.79 Å². The smallest absolute Gasteiger partial charge is 0.314 e. The Morgan fingerprint density at radius 1 is 1.26 bits per heavy atom. The SMILES string of the molecule is CC(CCNC(=O)NCCc1ccncc1)C(=O)O. The van der Waals surface area contributed by atoms with Crippen molar-refractivity contribution >= 4 is 12.0 Å². The summed E-state index contributed by atoms with van der Waals surface area (Å²) in [6, 6.07) is 3.52. The number of carbonyl (C=O) groups excluding carboxylic acids is 1. The van der Waals surface area contributed by atoms with Crippen LogP contribution in [0.5, 0.6) is 0 Å². The van der Waals surface area contributed by atoms with Gasteiger partial charge in [0.2, 0.25) is 0 Å². The zero-order valence-corrected chi connectivity index (χ0v) is 10.9. The largest absolute Gasteiger partial charge is 0.481 e. The summed E-state index contributed by atoms with van der Waals surface area (Å²) >= 11 is 0. The molecule has 0 radical (unpaired) electrons. The lowest BCUT2D eigenvalue weighted by molar-refractivity contribution is -0.141. The van der Waals surface area contributed by atoms with Gasteiger partial charge in [-0.3, -0.25) is 9.78 Å². The highest BCUT2D eigenvalue weighted by Gasteiger charge is 2.10. The third-order valence-electron chi connectivity index (χ3n) is 2.73. The Morgan fingerprint density at radius 3 is 2.53 bits per heavy atom. The standard InChI is InChI=1S/C13H19N3O3/c1-10(12(17)18)2-8-15-13(19)16-9-5-11-3-6-14-7-4-11/h3-4,6-7,10H,2,5,8-9H2,1H3,(H,17,18)(H2,15,16,19). The number of aromatic nitrogens is 1. The Labute approximate surface area is 112 Å². The Morgan fingerprint density at radius 2 is 1.89 bits per heavy atom. The highest BCUT2D eigenvalue weighted by molar-refractivity contribution is 5.74. The van der Waals surface area contributed by atoms with Crippen LogP contribution in [0.15, 0.2) is 24.5 Å². The molecule has 0 fully saturated rings. The fourth-order valence-corrected chi connectivity index (χ4v) is 1.46. The molecule has 1 heterocycles. The van der Waals surface area contributed by atoms with E-state index in [9.17, 15) is 9.59 Å². The van der Waals surface area contributed by atoms with Gasteiger partial charge < -0.3 is 15.7 Å². The summed E-state index contributed by atoms with van der Waals surface area (Å²) in [5.41, 5.74) is 1.11. The van der Waals surface area contributed by atoms with Gasteiger partial charge in [0.05, 0.1) is 5.92 Å². The minimum Gasteiger partial charge on any atom is -0.481 e. The second-order valence-electron chi connectivity index (χ2n) is 4.32. The van der Waals surface area contributed by atoms with Gasteiger partial charge in [-0.05, 0) is 30.5 Å². The van der Waals surface area contributed by atoms with Crippen LogP contribution in [-0.4, -0.2) is 35.2 Å². The van der Waals surface area contributed by atoms with Crippen LogP contribution in [-0.2, 0) is 11.2 Å². The van der Waals surface area contributed by atoms with Crippen LogP contribution in [0, 0.1) is 5.92 Å². The van der Waals surface area contributed by atoms with Crippen LogP contribution in [0.25, 0.3) is 0 Å². The van der Waals surface area contributed by atoms with Crippen molar-refractivity contribution in [3.63, 3.8) is 0 Å². The molecule has 0 bridgehead atoms. The average Bonchev–Trinajstić information content (AvgIpc) is 2.39. The van der Waals surface area contributed by atoms with Gasteiger partial charge in [-0.15, -0.1) is 0 Å². The first-order valence-electron chi connectivity index (χ1n) is 6.23. The second-order valence-corrected chi connectivity index (χ2v) is 4.32. The van der Waals surface area contributed by atoms with E-state index in [2.05, 4.69) is 15.6 Å². The molecule has 1 atom stereocenters. The van der Waals surface area contributed by atoms with Crippen molar-refractivity contribution in [1.82, 2.24) is 15.6 Å². The number of aliphatic carboxylic acids is 1. The summed E-state index contributed by atoms with van der Waals surface area (Å²) in [6.07, 6.45) is 4.58. The molecule has 0 aliphatic rings. The Hall–Kier alpha value is -2.11. The number of carboxylic acids is 1. The van der Waals surface area contributed by atoms with E-state index in [0.29, 0.717) is 19.5 Å². The summed E-state index contributed by atoms with van der Waals surface area (Å²) in [6.45, 7) is 2.50. The highest BCUT2D eigenvalue weighted by Crippen LogP contribution is 1.99. The lowest BCUT2D eigenvalue weighted by Gasteiger charge is -2.09. The minimum absolute atomic E-state index is 0.272. The van der Waals surface area contributed by atoms with E-state index < -0.39 is 11.9 Å². The maximum Gasteiger partial charge on any atom is 0.314 e. The van der Waals surface area contributed by atoms with E-state index in [0.717, 1.165) is 12.0 Å². The number of rotatable bonds is 7. The van der Waals surface area contributed by atoms with Gasteiger partial charge in [-0.2, -0.15) is 0 Å². The minimum atomic E-state index is -0.847. The Bertz CT molecular complexity index is 409. The number of carbonyl (C=O) groups is 2. The zero-order chi connectivity index (χ0) is 14.1. The van der Waals surface area contributed by atoms with Crippen LogP contribution in [0.1, 0.15) is 18.9 Å². The number of amides is 2. The molecule has 0 aliphatic carbocycles. The molecule has 1 unspecified atom stereocenters. The molecule has 1 rings (SSSR count). The van der Waals surface area contributed by atoms with Gasteiger partial charge >= 0.3 is 12.0 Å². The van der Waals surface area contributed by atoms with Crippen molar-refractivity contribution in [3.05, 3.63) is 30.1 Å². The highest BCUT2D eigenvalue weighted by atomic mass is 16.4. The van der Waals surface area contributed by atoms with E-state index in [1.807, 2.05) is 12.1 Å². The van der Waals surface area contributed by atoms with Gasteiger partial charge in [0, 0.05) is 25.5 Å². The third kappa shape index (κ3) is 6.40. The van der Waals surface area contributed by atoms with Crippen LogP contribution < -0.4 is 10.6 Å². The van der Waals surface area contributed by atoms with Gasteiger partial charge in [-0.1, -0.05) is 6.92 Å². The number of hydrogen-bond acceptors (Lipinski definition) is 3. The summed E-state index contributed by atoms with van der Waals surface area (Å²) in [5.74, 6) is -1.29. The second kappa shape index (κ2) is 8.07. The molecule has 1 aromatic heterocycles. The summed E-state index contributed by atoms with van der Waals surface area (Å²) in [7, 11) is 0. The average molecular weight is 265 g/mol. The zero-order valence-electron chi connectivity index (χ0n) is 10.9. The Kier molecular flexibility index (Phi) is 6.35. The van der Waals surface area contributed by atoms with E-state index >= 15 is 0 Å². The number of pyridine rings is 1. The van der Waals surface area contributed by atoms with E-state index in [1.54, 1.807) is 19.3 Å². The molecular formula is C13H19N3O3. The summed E-state index contributed by atoms with van der Waals surface area (Å²) in [4.78, 5) is 25.9. The van der Waals surface area contributed by atoms with Crippen molar-refractivity contribution < 1.29 is 14.7 Å². The van der Waals surface area contributed by atoms with Crippen LogP contribution in [0.3, 0.4) is 0 Å². The molecule has 0 aliphatic heterocycles. The molecule has 2 amide bonds. The number of hydrogen-bond donors (Lipinski definition) is 3. The first-order chi connectivity index (χ1) is 9.09. The lowest BCUT2D eigenvalue weighted by Crippen LogP contribution is -2.37. The molecular weight excluding hydrogens is 246 g/mol. The third-order valence-corrected chi connectivity index (χ3v) is 2.73. The van der Waals surface area contributed by atoms with E-state index in [1.165, 1.54) is 0 Å². The molecule has 6 heteroatoms. The van der Waals surface area contributed by atoms with Crippen LogP contribution in [0.2, 0.25) is 0 Å². The van der Waals surface area contributed by atoms with Crippen LogP contribution >= 0.6 is 0 Å². The fourth-order valence-electron chi connectivity index (χ4n) is 1.46. The van der Waals surface area contributed by atoms with Crippen molar-refractivity contribution in [3.8, 4) is 0 Å². The molecule has 6 nitrogen and oxygen atoms in total. The monoisotopic (exact) mass is 265 g/mol. The molecule has 104 valence electrons. The molecule has 1 aromatic rings. The van der Waals surface area contributed by atoms with Crippen molar-refractivity contribution in [2.75, 3.05) is 13.1 Å². The maximum atomic E-state index is 11.4. The summed E-state index contributed by atoms with van der Waals surface area (Å²) < 4.78 is 0. The molecule has 0 spiro atoms. The van der Waals surface area contributed by atoms with Gasteiger partial charge in [0.1, 0.15) is 0 Å². The maximum absolute atomic E-state index is 11.4. The number of urea groups is 1. The van der Waals surface area contributed by atoms with E-state index in [4.69, 9.17) is 5.11 Å². The van der Waals surface area contributed by atoms with Gasteiger partial charge in [0.15, 0.2) is 0 Å². The van der Waals surface area contributed by atoms with Crippen molar-refractivity contribution in [2.24, 2.45) is 5.92 Å². The first-order valence-corrected chi connectivity index (χ1v) is 6.23. The molecule has 0 aromatic carbocycles. The lowest BCUT2D eigenvalue weighted by atomic mass is 10.1. The summed E-state index contributed by atoms with van der Waals surface area (Å²) in [5, 5.41) is 14.0. The Balaban J connectivity index is 2.10. The quantitative estimate of drug-likeness (QED) is 0.686. The number of nitrogens with zero attached hydrogens (tertiary/aromatic N) is 1. The van der Waals surface area contributed by atoms with Gasteiger partial charge in [0.25, 0.3) is 0 Å². The van der Waals surface area contributed by atoms with Crippen molar-refractivity contribution in [1.29, 1.82) is 0 Å². The molecule has 0 saturated carbocycles. The predicted octanol–water partition coefficient (Wildman–Crippen LogP) is 1.03. The topological polar surface area (TPSA) is 91.3 Å². The van der Waals surface area contributed by atoms with Crippen molar-refractivity contribution in [2.45, 2.75) is 19.8 Å². The number of carboxylic acid groups (broad SMARTS) is 1. The first kappa shape index (κ1) is 14.9. The molecule has 0 saturated heterocycles.